The lowest BCUT2D eigenvalue weighted by Gasteiger charge is -2.40. The molecule has 1 saturated heterocycles. The molecule has 2 aromatic carbocycles. The van der Waals surface area contributed by atoms with Crippen LogP contribution in [0.2, 0.25) is 0 Å². The average molecular weight is 373 g/mol. The van der Waals surface area contributed by atoms with Gasteiger partial charge in [-0.3, -0.25) is 4.79 Å². The summed E-state index contributed by atoms with van der Waals surface area (Å²) < 4.78 is 6.16. The minimum Gasteiger partial charge on any atom is -0.454 e. The predicted octanol–water partition coefficient (Wildman–Crippen LogP) is 5.15. The standard InChI is InChI=1S/C25H27NO2/c1-3-4-14-24-15-18(2)23-25(24,16-22(27)28-24)20-12-8-9-13-21(20)26(23)17-19-10-6-5-7-11-19/h5-13,15,23H,3-4,14,16-17H2,1-2H3/t23-,24-,25-/m0/s1. The Morgan fingerprint density at radius 3 is 2.64 bits per heavy atom. The summed E-state index contributed by atoms with van der Waals surface area (Å²) in [6.07, 6.45) is 5.81. The van der Waals surface area contributed by atoms with E-state index in [0.717, 1.165) is 25.8 Å². The molecule has 1 fully saturated rings. The highest BCUT2D eigenvalue weighted by Gasteiger charge is 2.71. The van der Waals surface area contributed by atoms with E-state index in [1.54, 1.807) is 0 Å². The maximum Gasteiger partial charge on any atom is 0.307 e. The maximum atomic E-state index is 12.7. The van der Waals surface area contributed by atoms with Crippen LogP contribution in [0.1, 0.15) is 50.7 Å². The van der Waals surface area contributed by atoms with Gasteiger partial charge >= 0.3 is 5.97 Å². The molecular weight excluding hydrogens is 346 g/mol. The Bertz CT molecular complexity index is 950. The highest BCUT2D eigenvalue weighted by Crippen LogP contribution is 2.64. The Hall–Kier alpha value is -2.55. The van der Waals surface area contributed by atoms with E-state index in [9.17, 15) is 4.79 Å². The molecule has 0 N–H and O–H groups in total. The molecule has 0 bridgehead atoms. The van der Waals surface area contributed by atoms with Crippen LogP contribution in [-0.4, -0.2) is 17.6 Å². The van der Waals surface area contributed by atoms with E-state index in [1.807, 2.05) is 0 Å². The van der Waals surface area contributed by atoms with E-state index >= 15 is 0 Å². The van der Waals surface area contributed by atoms with Gasteiger partial charge in [0.25, 0.3) is 0 Å². The third-order valence-electron chi connectivity index (χ3n) is 6.94. The second-order valence-electron chi connectivity index (χ2n) is 8.54. The van der Waals surface area contributed by atoms with Gasteiger partial charge in [-0.2, -0.15) is 0 Å². The van der Waals surface area contributed by atoms with Gasteiger partial charge in [-0.25, -0.2) is 0 Å². The zero-order valence-corrected chi connectivity index (χ0v) is 16.7. The summed E-state index contributed by atoms with van der Waals surface area (Å²) in [7, 11) is 0. The number of carbonyl (C=O) groups excluding carboxylic acids is 1. The van der Waals surface area contributed by atoms with E-state index in [4.69, 9.17) is 4.74 Å². The number of para-hydroxylation sites is 1. The van der Waals surface area contributed by atoms with Crippen LogP contribution >= 0.6 is 0 Å². The lowest BCUT2D eigenvalue weighted by Crippen LogP contribution is -2.52. The zero-order chi connectivity index (χ0) is 19.4. The van der Waals surface area contributed by atoms with Gasteiger partial charge in [0.15, 0.2) is 0 Å². The van der Waals surface area contributed by atoms with E-state index in [2.05, 4.69) is 79.4 Å². The normalized spacial score (nSPS) is 29.9. The van der Waals surface area contributed by atoms with Crippen molar-refractivity contribution in [3.8, 4) is 0 Å². The Labute approximate surface area is 167 Å². The molecule has 3 atom stereocenters. The predicted molar refractivity (Wildman–Crippen MR) is 111 cm³/mol. The van der Waals surface area contributed by atoms with Gasteiger partial charge in [-0.1, -0.05) is 61.9 Å². The number of nitrogens with zero attached hydrogens (tertiary/aromatic N) is 1. The van der Waals surface area contributed by atoms with Crippen molar-refractivity contribution in [3.05, 3.63) is 77.4 Å². The third kappa shape index (κ3) is 2.19. The molecule has 0 radical (unpaired) electrons. The Morgan fingerprint density at radius 2 is 1.86 bits per heavy atom. The van der Waals surface area contributed by atoms with Gasteiger partial charge in [-0.05, 0) is 48.6 Å². The van der Waals surface area contributed by atoms with E-state index in [0.29, 0.717) is 6.42 Å². The van der Waals surface area contributed by atoms with E-state index in [-0.39, 0.29) is 17.4 Å². The fourth-order valence-electron chi connectivity index (χ4n) is 5.99. The number of fused-ring (bicyclic) bond motifs is 1. The zero-order valence-electron chi connectivity index (χ0n) is 16.7. The number of hydrogen-bond donors (Lipinski definition) is 0. The largest absolute Gasteiger partial charge is 0.454 e. The van der Waals surface area contributed by atoms with Crippen molar-refractivity contribution in [2.45, 2.75) is 63.1 Å². The molecule has 3 heteroatoms. The third-order valence-corrected chi connectivity index (χ3v) is 6.94. The second-order valence-corrected chi connectivity index (χ2v) is 8.54. The smallest absolute Gasteiger partial charge is 0.307 e. The minimum atomic E-state index is -0.504. The summed E-state index contributed by atoms with van der Waals surface area (Å²) >= 11 is 0. The van der Waals surface area contributed by atoms with Crippen LogP contribution in [0, 0.1) is 0 Å². The second kappa shape index (κ2) is 6.23. The van der Waals surface area contributed by atoms with Gasteiger partial charge in [-0.15, -0.1) is 0 Å². The molecule has 1 spiro atoms. The Balaban J connectivity index is 1.67. The SMILES string of the molecule is CCCC[C@]12C=C(C)[C@@H]3N(Cc4ccccc4)c4ccccc4[C@@]31CC(=O)O2. The first-order valence-electron chi connectivity index (χ1n) is 10.4. The van der Waals surface area contributed by atoms with Gasteiger partial charge in [0, 0.05) is 12.2 Å². The molecular formula is C25H27NO2. The maximum absolute atomic E-state index is 12.7. The van der Waals surface area contributed by atoms with Crippen molar-refractivity contribution in [2.75, 3.05) is 4.90 Å². The van der Waals surface area contributed by atoms with Crippen molar-refractivity contribution >= 4 is 11.7 Å². The molecule has 1 aliphatic carbocycles. The molecule has 0 amide bonds. The number of rotatable bonds is 5. The van der Waals surface area contributed by atoms with Crippen LogP contribution in [0.25, 0.3) is 0 Å². The summed E-state index contributed by atoms with van der Waals surface area (Å²) in [5.74, 6) is -0.0544. The molecule has 144 valence electrons. The quantitative estimate of drug-likeness (QED) is 0.536. The van der Waals surface area contributed by atoms with Crippen LogP contribution in [0.15, 0.2) is 66.2 Å². The number of esters is 1. The number of unbranched alkanes of at least 4 members (excludes halogenated alkanes) is 1. The Kier molecular flexibility index (Phi) is 3.90. The Morgan fingerprint density at radius 1 is 1.11 bits per heavy atom. The first kappa shape index (κ1) is 17.5. The monoisotopic (exact) mass is 373 g/mol. The molecule has 2 aliphatic heterocycles. The number of ether oxygens (including phenoxy) is 1. The first-order chi connectivity index (χ1) is 13.6. The molecule has 5 rings (SSSR count). The summed E-state index contributed by atoms with van der Waals surface area (Å²) in [5, 5.41) is 0. The minimum absolute atomic E-state index is 0.0544. The molecule has 0 saturated carbocycles. The van der Waals surface area contributed by atoms with Gasteiger partial charge in [0.05, 0.1) is 17.9 Å². The van der Waals surface area contributed by atoms with Crippen molar-refractivity contribution in [1.82, 2.24) is 0 Å². The van der Waals surface area contributed by atoms with Gasteiger partial charge < -0.3 is 9.64 Å². The summed E-state index contributed by atoms with van der Waals surface area (Å²) in [6.45, 7) is 5.26. The molecule has 3 aliphatic rings. The fraction of sp³-hybridized carbons (Fsp3) is 0.400. The van der Waals surface area contributed by atoms with Crippen LogP contribution in [-0.2, 0) is 21.5 Å². The highest BCUT2D eigenvalue weighted by atomic mass is 16.6. The van der Waals surface area contributed by atoms with Crippen LogP contribution < -0.4 is 4.90 Å². The lowest BCUT2D eigenvalue weighted by molar-refractivity contribution is -0.146. The summed E-state index contributed by atoms with van der Waals surface area (Å²) in [5.41, 5.74) is 4.36. The number of carbonyl (C=O) groups is 1. The van der Waals surface area contributed by atoms with Crippen molar-refractivity contribution in [2.24, 2.45) is 0 Å². The van der Waals surface area contributed by atoms with Crippen molar-refractivity contribution in [1.29, 1.82) is 0 Å². The lowest BCUT2D eigenvalue weighted by atomic mass is 9.65. The van der Waals surface area contributed by atoms with Crippen molar-refractivity contribution < 1.29 is 9.53 Å². The van der Waals surface area contributed by atoms with E-state index in [1.165, 1.54) is 22.4 Å². The average Bonchev–Trinajstić information content (AvgIpc) is 3.22. The fourth-order valence-corrected chi connectivity index (χ4v) is 5.99. The van der Waals surface area contributed by atoms with Gasteiger partial charge in [0.1, 0.15) is 5.60 Å². The van der Waals surface area contributed by atoms with Gasteiger partial charge in [0.2, 0.25) is 0 Å². The van der Waals surface area contributed by atoms with Crippen LogP contribution in [0.3, 0.4) is 0 Å². The number of benzene rings is 2. The first-order valence-corrected chi connectivity index (χ1v) is 10.4. The van der Waals surface area contributed by atoms with E-state index < -0.39 is 5.60 Å². The molecule has 28 heavy (non-hydrogen) atoms. The number of hydrogen-bond acceptors (Lipinski definition) is 3. The summed E-state index contributed by atoms with van der Waals surface area (Å²) in [6, 6.07) is 19.4. The number of anilines is 1. The molecule has 0 unspecified atom stereocenters. The molecule has 2 heterocycles. The van der Waals surface area contributed by atoms with Crippen LogP contribution in [0.4, 0.5) is 5.69 Å². The highest BCUT2D eigenvalue weighted by molar-refractivity contribution is 5.84. The van der Waals surface area contributed by atoms with Crippen LogP contribution in [0.5, 0.6) is 0 Å². The molecule has 3 nitrogen and oxygen atoms in total. The summed E-state index contributed by atoms with van der Waals surface area (Å²) in [4.78, 5) is 15.2. The topological polar surface area (TPSA) is 29.5 Å². The van der Waals surface area contributed by atoms with Crippen molar-refractivity contribution in [3.63, 3.8) is 0 Å². The molecule has 2 aromatic rings. The molecule has 0 aromatic heterocycles.